The average molecular weight is 375 g/mol. The number of hydrogen-bond acceptors (Lipinski definition) is 3. The van der Waals surface area contributed by atoms with E-state index in [4.69, 9.17) is 11.6 Å². The van der Waals surface area contributed by atoms with Gasteiger partial charge in [0.2, 0.25) is 0 Å². The maximum atomic E-state index is 11.2. The van der Waals surface area contributed by atoms with Gasteiger partial charge in [-0.25, -0.2) is 9.79 Å². The summed E-state index contributed by atoms with van der Waals surface area (Å²) in [5, 5.41) is 9.82. The van der Waals surface area contributed by atoms with Crippen molar-refractivity contribution in [3.8, 4) is 0 Å². The molecule has 26 heavy (non-hydrogen) atoms. The lowest BCUT2D eigenvalue weighted by Crippen LogP contribution is -2.36. The number of ether oxygens (including phenoxy) is 1. The summed E-state index contributed by atoms with van der Waals surface area (Å²) in [6, 6.07) is 15.1. The third-order valence-electron chi connectivity index (χ3n) is 3.55. The Hall–Kier alpha value is -2.73. The van der Waals surface area contributed by atoms with Crippen LogP contribution in [0, 0.1) is 0 Å². The lowest BCUT2D eigenvalue weighted by atomic mass is 10.2. The second-order valence-corrected chi connectivity index (χ2v) is 5.86. The molecule has 0 radical (unpaired) electrons. The molecule has 1 amide bonds. The molecule has 2 rings (SSSR count). The van der Waals surface area contributed by atoms with Gasteiger partial charge in [0, 0.05) is 23.8 Å². The highest BCUT2D eigenvalue weighted by Crippen LogP contribution is 2.14. The van der Waals surface area contributed by atoms with E-state index >= 15 is 0 Å². The zero-order valence-corrected chi connectivity index (χ0v) is 15.6. The molecule has 0 saturated heterocycles. The van der Waals surface area contributed by atoms with Gasteiger partial charge in [0.1, 0.15) is 0 Å². The SMILES string of the molecule is CCNC(=NCc1ccc(NC(=O)OC)cc1)NCc1ccccc1Cl. The second kappa shape index (κ2) is 10.3. The molecular formula is C19H23ClN4O2. The molecule has 3 N–H and O–H groups in total. The van der Waals surface area contributed by atoms with E-state index in [1.165, 1.54) is 7.11 Å². The fourth-order valence-corrected chi connectivity index (χ4v) is 2.40. The lowest BCUT2D eigenvalue weighted by Gasteiger charge is -2.12. The van der Waals surface area contributed by atoms with Crippen molar-refractivity contribution in [2.75, 3.05) is 19.0 Å². The summed E-state index contributed by atoms with van der Waals surface area (Å²) in [6.45, 7) is 3.88. The number of guanidine groups is 1. The summed E-state index contributed by atoms with van der Waals surface area (Å²) in [5.74, 6) is 0.712. The number of rotatable bonds is 6. The van der Waals surface area contributed by atoms with Gasteiger partial charge in [0.25, 0.3) is 0 Å². The van der Waals surface area contributed by atoms with E-state index in [1.807, 2.05) is 55.5 Å². The number of halogens is 1. The first-order valence-electron chi connectivity index (χ1n) is 8.32. The van der Waals surface area contributed by atoms with Crippen molar-refractivity contribution < 1.29 is 9.53 Å². The van der Waals surface area contributed by atoms with Crippen molar-refractivity contribution in [1.82, 2.24) is 10.6 Å². The zero-order valence-electron chi connectivity index (χ0n) is 14.9. The van der Waals surface area contributed by atoms with Crippen molar-refractivity contribution in [3.05, 3.63) is 64.7 Å². The molecule has 0 saturated carbocycles. The molecule has 0 aromatic heterocycles. The highest BCUT2D eigenvalue weighted by atomic mass is 35.5. The number of nitrogens with one attached hydrogen (secondary N) is 3. The first kappa shape index (κ1) is 19.6. The summed E-state index contributed by atoms with van der Waals surface area (Å²) in [5.41, 5.74) is 2.71. The van der Waals surface area contributed by atoms with E-state index < -0.39 is 6.09 Å². The van der Waals surface area contributed by atoms with Gasteiger partial charge in [0.15, 0.2) is 5.96 Å². The number of anilines is 1. The third-order valence-corrected chi connectivity index (χ3v) is 3.92. The molecular weight excluding hydrogens is 352 g/mol. The Bertz CT molecular complexity index is 747. The van der Waals surface area contributed by atoms with Crippen LogP contribution in [-0.4, -0.2) is 25.7 Å². The molecule has 0 spiro atoms. The van der Waals surface area contributed by atoms with E-state index in [2.05, 4.69) is 25.7 Å². The van der Waals surface area contributed by atoms with Crippen LogP contribution in [0.2, 0.25) is 5.02 Å². The maximum Gasteiger partial charge on any atom is 0.411 e. The highest BCUT2D eigenvalue weighted by molar-refractivity contribution is 6.31. The predicted octanol–water partition coefficient (Wildman–Crippen LogP) is 3.77. The van der Waals surface area contributed by atoms with E-state index in [0.717, 1.165) is 22.7 Å². The molecule has 7 heteroatoms. The Morgan fingerprint density at radius 1 is 1.12 bits per heavy atom. The molecule has 6 nitrogen and oxygen atoms in total. The van der Waals surface area contributed by atoms with Crippen LogP contribution in [0.3, 0.4) is 0 Å². The number of hydrogen-bond donors (Lipinski definition) is 3. The molecule has 138 valence electrons. The van der Waals surface area contributed by atoms with Gasteiger partial charge in [-0.05, 0) is 36.2 Å². The number of methoxy groups -OCH3 is 1. The summed E-state index contributed by atoms with van der Waals surface area (Å²) in [6.07, 6.45) is -0.492. The first-order valence-corrected chi connectivity index (χ1v) is 8.69. The smallest absolute Gasteiger partial charge is 0.411 e. The summed E-state index contributed by atoms with van der Waals surface area (Å²) < 4.78 is 4.56. The van der Waals surface area contributed by atoms with Crippen LogP contribution in [0.25, 0.3) is 0 Å². The van der Waals surface area contributed by atoms with Gasteiger partial charge in [0.05, 0.1) is 13.7 Å². The quantitative estimate of drug-likeness (QED) is 0.531. The lowest BCUT2D eigenvalue weighted by molar-refractivity contribution is 0.187. The number of carbonyl (C=O) groups is 1. The fourth-order valence-electron chi connectivity index (χ4n) is 2.20. The number of aliphatic imine (C=N–C) groups is 1. The van der Waals surface area contributed by atoms with E-state index in [9.17, 15) is 4.79 Å². The summed E-state index contributed by atoms with van der Waals surface area (Å²) in [4.78, 5) is 15.8. The van der Waals surface area contributed by atoms with Crippen LogP contribution in [-0.2, 0) is 17.8 Å². The Balaban J connectivity index is 1.95. The van der Waals surface area contributed by atoms with Gasteiger partial charge in [-0.1, -0.05) is 41.9 Å². The molecule has 2 aromatic rings. The fraction of sp³-hybridized carbons (Fsp3) is 0.263. The van der Waals surface area contributed by atoms with E-state index in [1.54, 1.807) is 0 Å². The van der Waals surface area contributed by atoms with Crippen LogP contribution in [0.5, 0.6) is 0 Å². The molecule has 0 aliphatic heterocycles. The minimum absolute atomic E-state index is 0.492. The number of nitrogens with zero attached hydrogens (tertiary/aromatic N) is 1. The average Bonchev–Trinajstić information content (AvgIpc) is 2.66. The molecule has 0 aliphatic rings. The number of benzene rings is 2. The standard InChI is InChI=1S/C19H23ClN4O2/c1-3-21-18(23-13-15-6-4-5-7-17(15)20)22-12-14-8-10-16(11-9-14)24-19(25)26-2/h4-11H,3,12-13H2,1-2H3,(H,24,25)(H2,21,22,23). The minimum Gasteiger partial charge on any atom is -0.453 e. The van der Waals surface area contributed by atoms with Crippen molar-refractivity contribution in [2.45, 2.75) is 20.0 Å². The first-order chi connectivity index (χ1) is 12.6. The van der Waals surface area contributed by atoms with Crippen LogP contribution >= 0.6 is 11.6 Å². The molecule has 0 fully saturated rings. The van der Waals surface area contributed by atoms with Gasteiger partial charge in [-0.2, -0.15) is 0 Å². The maximum absolute atomic E-state index is 11.2. The highest BCUT2D eigenvalue weighted by Gasteiger charge is 2.03. The molecule has 0 atom stereocenters. The second-order valence-electron chi connectivity index (χ2n) is 5.45. The van der Waals surface area contributed by atoms with Gasteiger partial charge in [-0.15, -0.1) is 0 Å². The topological polar surface area (TPSA) is 74.8 Å². The van der Waals surface area contributed by atoms with Crippen LogP contribution < -0.4 is 16.0 Å². The number of amides is 1. The van der Waals surface area contributed by atoms with Crippen LogP contribution in [0.15, 0.2) is 53.5 Å². The van der Waals surface area contributed by atoms with Crippen molar-refractivity contribution in [1.29, 1.82) is 0 Å². The zero-order chi connectivity index (χ0) is 18.8. The van der Waals surface area contributed by atoms with Gasteiger partial charge >= 0.3 is 6.09 Å². The summed E-state index contributed by atoms with van der Waals surface area (Å²) in [7, 11) is 1.33. The largest absolute Gasteiger partial charge is 0.453 e. The van der Waals surface area contributed by atoms with Gasteiger partial charge < -0.3 is 15.4 Å². The third kappa shape index (κ3) is 6.29. The predicted molar refractivity (Wildman–Crippen MR) is 106 cm³/mol. The monoisotopic (exact) mass is 374 g/mol. The van der Waals surface area contributed by atoms with Crippen molar-refractivity contribution in [2.24, 2.45) is 4.99 Å². The Morgan fingerprint density at radius 2 is 1.85 bits per heavy atom. The molecule has 2 aromatic carbocycles. The number of carbonyl (C=O) groups excluding carboxylic acids is 1. The van der Waals surface area contributed by atoms with E-state index in [-0.39, 0.29) is 0 Å². The van der Waals surface area contributed by atoms with E-state index in [0.29, 0.717) is 24.7 Å². The minimum atomic E-state index is -0.492. The summed E-state index contributed by atoms with van der Waals surface area (Å²) >= 11 is 6.18. The normalized spacial score (nSPS) is 11.0. The molecule has 0 unspecified atom stereocenters. The van der Waals surface area contributed by atoms with Gasteiger partial charge in [-0.3, -0.25) is 5.32 Å². The Labute approximate surface area is 158 Å². The van der Waals surface area contributed by atoms with Crippen LogP contribution in [0.1, 0.15) is 18.1 Å². The Morgan fingerprint density at radius 3 is 2.50 bits per heavy atom. The van der Waals surface area contributed by atoms with Crippen molar-refractivity contribution >= 4 is 29.3 Å². The van der Waals surface area contributed by atoms with Crippen molar-refractivity contribution in [3.63, 3.8) is 0 Å². The molecule has 0 aliphatic carbocycles. The van der Waals surface area contributed by atoms with Crippen LogP contribution in [0.4, 0.5) is 10.5 Å². The Kier molecular flexibility index (Phi) is 7.76. The molecule has 0 bridgehead atoms. The molecule has 0 heterocycles.